The number of hydrogen-bond donors (Lipinski definition) is 2. The maximum atomic E-state index is 13.8. The number of benzene rings is 1. The quantitative estimate of drug-likeness (QED) is 0.608. The average Bonchev–Trinajstić information content (AvgIpc) is 2.88. The molecule has 0 amide bonds. The molecule has 0 saturated carbocycles. The van der Waals surface area contributed by atoms with E-state index in [9.17, 15) is 26.0 Å². The fraction of sp³-hybridized carbons (Fsp3) is 0.389. The number of aryl methyl sites for hydroxylation is 1. The normalized spacial score (nSPS) is 12.7. The van der Waals surface area contributed by atoms with Crippen LogP contribution in [0.15, 0.2) is 35.0 Å². The zero-order valence-corrected chi connectivity index (χ0v) is 18.2. The van der Waals surface area contributed by atoms with E-state index in [0.29, 0.717) is 23.0 Å². The molecule has 6 nitrogen and oxygen atoms in total. The fourth-order valence-corrected chi connectivity index (χ4v) is 3.67. The third kappa shape index (κ3) is 5.81. The third-order valence-electron chi connectivity index (χ3n) is 4.50. The molecule has 0 spiro atoms. The molecule has 0 saturated heterocycles. The summed E-state index contributed by atoms with van der Waals surface area (Å²) in [6.45, 7) is 3.07. The third-order valence-corrected chi connectivity index (χ3v) is 5.91. The molecular weight excluding hydrogens is 448 g/mol. The summed E-state index contributed by atoms with van der Waals surface area (Å²) in [5.74, 6) is -0.448. The number of halogens is 5. The summed E-state index contributed by atoms with van der Waals surface area (Å²) in [5, 5.41) is 4.22. The van der Waals surface area contributed by atoms with Crippen molar-refractivity contribution in [3.63, 3.8) is 0 Å². The van der Waals surface area contributed by atoms with Gasteiger partial charge in [-0.1, -0.05) is 6.07 Å². The summed E-state index contributed by atoms with van der Waals surface area (Å²) in [6.07, 6.45) is -3.59. The van der Waals surface area contributed by atoms with Gasteiger partial charge in [0.25, 0.3) is 0 Å². The predicted molar refractivity (Wildman–Crippen MR) is 108 cm³/mol. The molecule has 0 aliphatic carbocycles. The summed E-state index contributed by atoms with van der Waals surface area (Å²) in [4.78, 5) is -0.487. The molecule has 168 valence electrons. The van der Waals surface area contributed by atoms with Crippen LogP contribution in [0.4, 0.5) is 17.6 Å². The second-order valence-corrected chi connectivity index (χ2v) is 8.28. The van der Waals surface area contributed by atoms with Crippen LogP contribution in [-0.2, 0) is 29.2 Å². The maximum absolute atomic E-state index is 13.8. The number of sulfonamides is 1. The van der Waals surface area contributed by atoms with Gasteiger partial charge in [-0.25, -0.2) is 17.5 Å². The topological polar surface area (TPSA) is 90.0 Å². The van der Waals surface area contributed by atoms with Crippen LogP contribution in [0, 0.1) is 13.8 Å². The Morgan fingerprint density at radius 3 is 2.47 bits per heavy atom. The van der Waals surface area contributed by atoms with Crippen LogP contribution >= 0.6 is 12.4 Å². The molecule has 0 unspecified atom stereocenters. The van der Waals surface area contributed by atoms with Gasteiger partial charge >= 0.3 is 6.18 Å². The van der Waals surface area contributed by atoms with Crippen molar-refractivity contribution in [2.24, 2.45) is 5.73 Å². The van der Waals surface area contributed by atoms with Crippen LogP contribution in [-0.4, -0.2) is 31.8 Å². The summed E-state index contributed by atoms with van der Waals surface area (Å²) >= 11 is 0. The first-order valence-electron chi connectivity index (χ1n) is 8.61. The van der Waals surface area contributed by atoms with E-state index in [-0.39, 0.29) is 37.5 Å². The van der Waals surface area contributed by atoms with Gasteiger partial charge in [-0.2, -0.15) is 18.3 Å². The second-order valence-electron chi connectivity index (χ2n) is 6.39. The van der Waals surface area contributed by atoms with Gasteiger partial charge in [-0.15, -0.1) is 12.4 Å². The number of alkyl halides is 3. The smallest absolute Gasteiger partial charge is 0.327 e. The molecule has 0 bridgehead atoms. The number of aromatic nitrogens is 2. The number of allylic oxidation sites excluding steroid dienone is 1. The Morgan fingerprint density at radius 2 is 1.93 bits per heavy atom. The number of rotatable bonds is 7. The van der Waals surface area contributed by atoms with Crippen LogP contribution in [0.2, 0.25) is 0 Å². The summed E-state index contributed by atoms with van der Waals surface area (Å²) in [5.41, 5.74) is 5.64. The fourth-order valence-electron chi connectivity index (χ4n) is 2.92. The van der Waals surface area contributed by atoms with E-state index in [2.05, 4.69) is 5.10 Å². The molecule has 0 atom stereocenters. The van der Waals surface area contributed by atoms with Crippen LogP contribution < -0.4 is 10.5 Å². The average molecular weight is 471 g/mol. The molecule has 0 fully saturated rings. The highest BCUT2D eigenvalue weighted by atomic mass is 35.5. The van der Waals surface area contributed by atoms with Crippen molar-refractivity contribution < 1.29 is 26.0 Å². The van der Waals surface area contributed by atoms with E-state index in [1.807, 2.05) is 4.72 Å². The minimum atomic E-state index is -4.76. The van der Waals surface area contributed by atoms with Crippen molar-refractivity contribution >= 4 is 22.4 Å². The summed E-state index contributed by atoms with van der Waals surface area (Å²) in [7, 11) is -2.91. The Kier molecular flexibility index (Phi) is 8.61. The van der Waals surface area contributed by atoms with Crippen LogP contribution in [0.3, 0.4) is 0 Å². The standard InChI is InChI=1S/C18H22F4N4O2S.ClH/c1-11-16(8-14(19)6-7-23)12(2)26(25-11)10-13-4-5-15(29(27,28)24-3)9-17(13)18(20,21)22;/h4-6,9,24H,7-8,10,23H2,1-3H3;1H/b14-6-;. The highest BCUT2D eigenvalue weighted by molar-refractivity contribution is 7.89. The first-order chi connectivity index (χ1) is 13.4. The molecule has 0 radical (unpaired) electrons. The molecule has 3 N–H and O–H groups in total. The number of nitrogens with one attached hydrogen (secondary N) is 1. The van der Waals surface area contributed by atoms with Crippen molar-refractivity contribution in [2.45, 2.75) is 37.9 Å². The zero-order chi connectivity index (χ0) is 22.0. The first-order valence-corrected chi connectivity index (χ1v) is 10.1. The van der Waals surface area contributed by atoms with Crippen molar-refractivity contribution in [1.29, 1.82) is 0 Å². The van der Waals surface area contributed by atoms with Gasteiger partial charge in [0.15, 0.2) is 0 Å². The number of hydrogen-bond acceptors (Lipinski definition) is 4. The molecule has 0 aliphatic rings. The van der Waals surface area contributed by atoms with Gasteiger partial charge < -0.3 is 5.73 Å². The second kappa shape index (κ2) is 9.90. The highest BCUT2D eigenvalue weighted by Crippen LogP contribution is 2.34. The van der Waals surface area contributed by atoms with Crippen molar-refractivity contribution in [3.05, 3.63) is 58.2 Å². The molecule has 1 aromatic heterocycles. The van der Waals surface area contributed by atoms with Crippen molar-refractivity contribution in [1.82, 2.24) is 14.5 Å². The molecule has 2 aromatic rings. The van der Waals surface area contributed by atoms with E-state index < -0.39 is 32.5 Å². The van der Waals surface area contributed by atoms with Crippen LogP contribution in [0.25, 0.3) is 0 Å². The van der Waals surface area contributed by atoms with E-state index in [0.717, 1.165) is 19.2 Å². The van der Waals surface area contributed by atoms with E-state index in [4.69, 9.17) is 5.73 Å². The maximum Gasteiger partial charge on any atom is 0.416 e. The van der Waals surface area contributed by atoms with Crippen LogP contribution in [0.5, 0.6) is 0 Å². The lowest BCUT2D eigenvalue weighted by atomic mass is 10.1. The van der Waals surface area contributed by atoms with Gasteiger partial charge in [0.1, 0.15) is 5.83 Å². The Bertz CT molecular complexity index is 1030. The molecule has 1 aromatic carbocycles. The molecule has 12 heteroatoms. The Balaban J connectivity index is 0.00000450. The Labute approximate surface area is 178 Å². The summed E-state index contributed by atoms with van der Waals surface area (Å²) < 4.78 is 81.5. The molecule has 0 aliphatic heterocycles. The predicted octanol–water partition coefficient (Wildman–Crippen LogP) is 3.25. The van der Waals surface area contributed by atoms with Gasteiger partial charge in [0.2, 0.25) is 10.0 Å². The molecule has 30 heavy (non-hydrogen) atoms. The Morgan fingerprint density at radius 1 is 1.30 bits per heavy atom. The highest BCUT2D eigenvalue weighted by Gasteiger charge is 2.35. The van der Waals surface area contributed by atoms with Crippen molar-refractivity contribution in [2.75, 3.05) is 13.6 Å². The lowest BCUT2D eigenvalue weighted by Gasteiger charge is -2.15. The minimum Gasteiger partial charge on any atom is -0.327 e. The SMILES string of the molecule is CNS(=O)(=O)c1ccc(Cn2nc(C)c(C/C(F)=C/CN)c2C)c(C(F)(F)F)c1.Cl. The van der Waals surface area contributed by atoms with Gasteiger partial charge in [0, 0.05) is 24.2 Å². The van der Waals surface area contributed by atoms with E-state index in [1.165, 1.54) is 10.8 Å². The van der Waals surface area contributed by atoms with Gasteiger partial charge in [-0.05, 0) is 44.7 Å². The first kappa shape index (κ1) is 26.1. The summed E-state index contributed by atoms with van der Waals surface area (Å²) in [6, 6.07) is 2.81. The van der Waals surface area contributed by atoms with Gasteiger partial charge in [0.05, 0.1) is 22.7 Å². The zero-order valence-electron chi connectivity index (χ0n) is 16.5. The largest absolute Gasteiger partial charge is 0.416 e. The molecule has 2 rings (SSSR count). The minimum absolute atomic E-state index is 0. The lowest BCUT2D eigenvalue weighted by Crippen LogP contribution is -2.20. The lowest BCUT2D eigenvalue weighted by molar-refractivity contribution is -0.138. The number of nitrogens with zero attached hydrogens (tertiary/aromatic N) is 2. The monoisotopic (exact) mass is 470 g/mol. The molecule has 1 heterocycles. The van der Waals surface area contributed by atoms with E-state index in [1.54, 1.807) is 13.8 Å². The molecular formula is C18H23ClF4N4O2S. The van der Waals surface area contributed by atoms with E-state index >= 15 is 0 Å². The van der Waals surface area contributed by atoms with Gasteiger partial charge in [-0.3, -0.25) is 4.68 Å². The number of nitrogens with two attached hydrogens (primary N) is 1. The van der Waals surface area contributed by atoms with Crippen molar-refractivity contribution in [3.8, 4) is 0 Å². The van der Waals surface area contributed by atoms with Crippen LogP contribution in [0.1, 0.15) is 28.1 Å². The Hall–Kier alpha value is -1.95.